The maximum Gasteiger partial charge on any atom is 0.307 e. The van der Waals surface area contributed by atoms with Gasteiger partial charge < -0.3 is 25.0 Å². The van der Waals surface area contributed by atoms with E-state index in [9.17, 15) is 20.3 Å². The average molecular weight is 797 g/mol. The van der Waals surface area contributed by atoms with E-state index in [2.05, 4.69) is 89.7 Å². The van der Waals surface area contributed by atoms with E-state index in [1.165, 1.54) is 39.6 Å². The summed E-state index contributed by atoms with van der Waals surface area (Å²) in [7, 11) is 0. The van der Waals surface area contributed by atoms with Crippen LogP contribution < -0.4 is 14.8 Å². The molecule has 8 rings (SSSR count). The predicted octanol–water partition coefficient (Wildman–Crippen LogP) is 9.11. The Kier molecular flexibility index (Phi) is 11.8. The molecule has 1 saturated heterocycles. The SMILES string of the molecule is Cc1c(COc2cc(OCc3cncc(C#N)c3)c(CN[C@@H]3CCC[C@@H]3O)cc2Cl)cccc1-c1cccc(-c2ccc3c(c2)CCC3N2CC[C@H](C(=O)O)C2)c1C. The Hall–Kier alpha value is -5.24. The van der Waals surface area contributed by atoms with Crippen molar-refractivity contribution in [3.05, 3.63) is 135 Å². The van der Waals surface area contributed by atoms with Gasteiger partial charge in [0, 0.05) is 54.8 Å². The van der Waals surface area contributed by atoms with E-state index in [4.69, 9.17) is 21.1 Å². The number of carbonyl (C=O) groups is 1. The summed E-state index contributed by atoms with van der Waals surface area (Å²) < 4.78 is 12.8. The first-order valence-corrected chi connectivity index (χ1v) is 20.7. The molecule has 2 fully saturated rings. The number of hydrogen-bond donors (Lipinski definition) is 3. The van der Waals surface area contributed by atoms with Crippen LogP contribution in [0.1, 0.15) is 82.7 Å². The molecule has 0 spiro atoms. The number of nitriles is 1. The molecule has 4 aromatic carbocycles. The minimum absolute atomic E-state index is 0.0105. The largest absolute Gasteiger partial charge is 0.488 e. The lowest BCUT2D eigenvalue weighted by Gasteiger charge is -2.24. The summed E-state index contributed by atoms with van der Waals surface area (Å²) in [6.45, 7) is 6.77. The monoisotopic (exact) mass is 796 g/mol. The summed E-state index contributed by atoms with van der Waals surface area (Å²) in [6, 6.07) is 27.5. The van der Waals surface area contributed by atoms with E-state index in [1.807, 2.05) is 12.1 Å². The van der Waals surface area contributed by atoms with E-state index in [0.29, 0.717) is 47.8 Å². The van der Waals surface area contributed by atoms with Crippen LogP contribution in [0.3, 0.4) is 0 Å². The number of likely N-dealkylation sites (tertiary alicyclic amines) is 1. The molecule has 10 heteroatoms. The van der Waals surface area contributed by atoms with Crippen molar-refractivity contribution in [3.63, 3.8) is 0 Å². The van der Waals surface area contributed by atoms with Crippen LogP contribution in [0, 0.1) is 31.1 Å². The second-order valence-electron chi connectivity index (χ2n) is 16.0. The van der Waals surface area contributed by atoms with Crippen LogP contribution in [-0.2, 0) is 31.0 Å². The molecule has 1 aliphatic heterocycles. The number of aliphatic hydroxyl groups is 1. The van der Waals surface area contributed by atoms with Crippen molar-refractivity contribution in [2.24, 2.45) is 5.92 Å². The van der Waals surface area contributed by atoms with Gasteiger partial charge in [-0.05, 0) is 121 Å². The predicted molar refractivity (Wildman–Crippen MR) is 225 cm³/mol. The molecular weight excluding hydrogens is 748 g/mol. The van der Waals surface area contributed by atoms with Crippen LogP contribution in [0.25, 0.3) is 22.3 Å². The number of aromatic nitrogens is 1. The van der Waals surface area contributed by atoms with Crippen LogP contribution in [0.4, 0.5) is 0 Å². The van der Waals surface area contributed by atoms with Crippen LogP contribution in [0.2, 0.25) is 5.02 Å². The van der Waals surface area contributed by atoms with E-state index >= 15 is 0 Å². The first kappa shape index (κ1) is 39.6. The van der Waals surface area contributed by atoms with Crippen LogP contribution >= 0.6 is 11.6 Å². The molecule has 2 heterocycles. The lowest BCUT2D eigenvalue weighted by Crippen LogP contribution is -2.35. The molecule has 9 nitrogen and oxygen atoms in total. The van der Waals surface area contributed by atoms with E-state index in [-0.39, 0.29) is 24.7 Å². The highest BCUT2D eigenvalue weighted by atomic mass is 35.5. The number of pyridine rings is 1. The number of carboxylic acid groups (broad SMARTS) is 1. The smallest absolute Gasteiger partial charge is 0.307 e. The fourth-order valence-electron chi connectivity index (χ4n) is 9.11. The van der Waals surface area contributed by atoms with Gasteiger partial charge in [-0.25, -0.2) is 0 Å². The Morgan fingerprint density at radius 2 is 1.71 bits per heavy atom. The van der Waals surface area contributed by atoms with Gasteiger partial charge in [0.1, 0.15) is 30.8 Å². The zero-order valence-corrected chi connectivity index (χ0v) is 33.8. The number of aryl methyl sites for hydroxylation is 1. The van der Waals surface area contributed by atoms with E-state index < -0.39 is 5.97 Å². The van der Waals surface area contributed by atoms with Crippen molar-refractivity contribution < 1.29 is 24.5 Å². The van der Waals surface area contributed by atoms with Crippen molar-refractivity contribution in [2.75, 3.05) is 13.1 Å². The standard InChI is InChI=1S/C48H49ClN4O5/c1-29-36(28-58-47-21-46(57-27-32-18-31(22-50)23-51-24-32)37(20-42(47)49)25-52-43-10-5-11-45(43)54)6-3-8-39(29)40-9-4-7-38(30(40)2)33-12-14-41-34(19-33)13-15-44(41)53-17-16-35(26-53)48(55)56/h3-4,6-9,12,14,18-21,23-24,35,43-45,52,54H,5,10-11,13,15-17,25-28H2,1-2H3,(H,55,56)/t35-,43+,44?,45-/m0/s1. The van der Waals surface area contributed by atoms with Gasteiger partial charge in [0.05, 0.1) is 22.6 Å². The average Bonchev–Trinajstić information content (AvgIpc) is 4.00. The summed E-state index contributed by atoms with van der Waals surface area (Å²) in [5.74, 6) is 0.146. The third-order valence-electron chi connectivity index (χ3n) is 12.4. The topological polar surface area (TPSA) is 128 Å². The highest BCUT2D eigenvalue weighted by Crippen LogP contribution is 2.42. The summed E-state index contributed by atoms with van der Waals surface area (Å²) in [4.78, 5) is 18.1. The molecule has 1 unspecified atom stereocenters. The molecule has 3 aliphatic rings. The maximum absolute atomic E-state index is 11.6. The number of benzene rings is 4. The number of nitrogens with zero attached hydrogens (tertiary/aromatic N) is 3. The van der Waals surface area contributed by atoms with Gasteiger partial charge in [-0.3, -0.25) is 14.7 Å². The second-order valence-corrected chi connectivity index (χ2v) is 16.4. The zero-order valence-electron chi connectivity index (χ0n) is 33.0. The molecule has 4 atom stereocenters. The minimum atomic E-state index is -0.685. The van der Waals surface area contributed by atoms with Gasteiger partial charge >= 0.3 is 5.97 Å². The Bertz CT molecular complexity index is 2380. The number of hydrogen-bond acceptors (Lipinski definition) is 8. The Balaban J connectivity index is 1.01. The fraction of sp³-hybridized carbons (Fsp3) is 0.354. The first-order chi connectivity index (χ1) is 28.2. The number of halogens is 1. The van der Waals surface area contributed by atoms with E-state index in [0.717, 1.165) is 72.9 Å². The van der Waals surface area contributed by atoms with Crippen molar-refractivity contribution in [1.82, 2.24) is 15.2 Å². The third-order valence-corrected chi connectivity index (χ3v) is 12.7. The number of carboxylic acids is 1. The lowest BCUT2D eigenvalue weighted by atomic mass is 9.89. The highest BCUT2D eigenvalue weighted by molar-refractivity contribution is 6.32. The molecule has 5 aromatic rings. The summed E-state index contributed by atoms with van der Waals surface area (Å²) in [5, 5.41) is 33.3. The van der Waals surface area contributed by atoms with Crippen molar-refractivity contribution in [2.45, 2.75) is 90.3 Å². The number of aliphatic carboxylic acids is 1. The maximum atomic E-state index is 11.6. The minimum Gasteiger partial charge on any atom is -0.488 e. The van der Waals surface area contributed by atoms with Crippen LogP contribution in [-0.4, -0.2) is 51.3 Å². The second kappa shape index (κ2) is 17.3. The summed E-state index contributed by atoms with van der Waals surface area (Å²) >= 11 is 6.88. The first-order valence-electron chi connectivity index (χ1n) is 20.3. The third kappa shape index (κ3) is 8.34. The Morgan fingerprint density at radius 3 is 2.48 bits per heavy atom. The van der Waals surface area contributed by atoms with Gasteiger partial charge in [-0.15, -0.1) is 0 Å². The number of aliphatic hydroxyl groups excluding tert-OH is 1. The van der Waals surface area contributed by atoms with Crippen LogP contribution in [0.15, 0.2) is 85.2 Å². The summed E-state index contributed by atoms with van der Waals surface area (Å²) in [6.07, 6.45) is 8.26. The van der Waals surface area contributed by atoms with Gasteiger partial charge in [-0.2, -0.15) is 5.26 Å². The molecular formula is C48H49ClN4O5. The normalized spacial score (nSPS) is 20.2. The van der Waals surface area contributed by atoms with Crippen molar-refractivity contribution in [3.8, 4) is 39.8 Å². The molecule has 0 bridgehead atoms. The zero-order chi connectivity index (χ0) is 40.3. The van der Waals surface area contributed by atoms with Crippen molar-refractivity contribution >= 4 is 17.6 Å². The van der Waals surface area contributed by atoms with Gasteiger partial charge in [0.2, 0.25) is 0 Å². The molecule has 58 heavy (non-hydrogen) atoms. The number of fused-ring (bicyclic) bond motifs is 1. The molecule has 298 valence electrons. The Labute approximate surface area is 345 Å². The lowest BCUT2D eigenvalue weighted by molar-refractivity contribution is -0.141. The van der Waals surface area contributed by atoms with Crippen molar-refractivity contribution in [1.29, 1.82) is 5.26 Å². The van der Waals surface area contributed by atoms with Gasteiger partial charge in [0.25, 0.3) is 0 Å². The highest BCUT2D eigenvalue weighted by Gasteiger charge is 2.36. The van der Waals surface area contributed by atoms with Gasteiger partial charge in [-0.1, -0.05) is 66.2 Å². The summed E-state index contributed by atoms with van der Waals surface area (Å²) in [5.41, 5.74) is 12.8. The molecule has 1 aromatic heterocycles. The van der Waals surface area contributed by atoms with Crippen LogP contribution in [0.5, 0.6) is 11.5 Å². The molecule has 1 saturated carbocycles. The number of rotatable bonds is 13. The molecule has 0 amide bonds. The fourth-order valence-corrected chi connectivity index (χ4v) is 9.35. The molecule has 0 radical (unpaired) electrons. The quantitative estimate of drug-likeness (QED) is 0.107. The number of ether oxygens (including phenoxy) is 2. The Morgan fingerprint density at radius 1 is 0.914 bits per heavy atom. The van der Waals surface area contributed by atoms with E-state index in [1.54, 1.807) is 12.3 Å². The van der Waals surface area contributed by atoms with Gasteiger partial charge in [0.15, 0.2) is 0 Å². The number of nitrogens with one attached hydrogen (secondary N) is 1. The molecule has 2 aliphatic carbocycles. The molecule has 3 N–H and O–H groups in total.